The minimum atomic E-state index is -1.35. The normalized spacial score (nSPS) is 10.7. The molecule has 0 aromatic heterocycles. The predicted molar refractivity (Wildman–Crippen MR) is 56.2 cm³/mol. The number of rotatable bonds is 7. The smallest absolute Gasteiger partial charge is 1.00 e. The standard InChI is InChI=1S/C8H18O2P.Mg.2H/c1-3-5-7-10-11(9)8-6-4-2;;;/h3-8H2,1-2H3;;;/q+1;+2;2*-1. The Morgan fingerprint density at radius 2 is 1.83 bits per heavy atom. The summed E-state index contributed by atoms with van der Waals surface area (Å²) < 4.78 is 16.1. The second-order valence-electron chi connectivity index (χ2n) is 2.60. The summed E-state index contributed by atoms with van der Waals surface area (Å²) in [6.45, 7) is 4.85. The Morgan fingerprint density at radius 3 is 2.33 bits per heavy atom. The fourth-order valence-corrected chi connectivity index (χ4v) is 1.70. The fourth-order valence-electron chi connectivity index (χ4n) is 0.662. The Labute approximate surface area is 95.4 Å². The van der Waals surface area contributed by atoms with Gasteiger partial charge in [-0.3, -0.25) is 0 Å². The summed E-state index contributed by atoms with van der Waals surface area (Å²) in [5.74, 6) is 0. The summed E-state index contributed by atoms with van der Waals surface area (Å²) in [5, 5.41) is 0. The zero-order chi connectivity index (χ0) is 8.53. The maximum absolute atomic E-state index is 11.0. The SMILES string of the molecule is CCCCO[P+](=O)CCCC.[H-].[H-].[Mg+2]. The van der Waals surface area contributed by atoms with Gasteiger partial charge in [-0.25, -0.2) is 0 Å². The van der Waals surface area contributed by atoms with Crippen LogP contribution < -0.4 is 0 Å². The number of hydrogen-bond donors (Lipinski definition) is 0. The van der Waals surface area contributed by atoms with E-state index >= 15 is 0 Å². The van der Waals surface area contributed by atoms with Crippen molar-refractivity contribution in [2.45, 2.75) is 39.5 Å². The molecule has 0 N–H and O–H groups in total. The van der Waals surface area contributed by atoms with E-state index in [0.29, 0.717) is 6.61 Å². The molecule has 1 atom stereocenters. The van der Waals surface area contributed by atoms with Crippen molar-refractivity contribution in [3.63, 3.8) is 0 Å². The third-order valence-electron chi connectivity index (χ3n) is 1.43. The monoisotopic (exact) mass is 203 g/mol. The first-order valence-electron chi connectivity index (χ1n) is 4.38. The molecule has 0 aromatic carbocycles. The van der Waals surface area contributed by atoms with Gasteiger partial charge in [-0.2, -0.15) is 0 Å². The van der Waals surface area contributed by atoms with Crippen molar-refractivity contribution in [1.82, 2.24) is 0 Å². The Morgan fingerprint density at radius 1 is 1.25 bits per heavy atom. The van der Waals surface area contributed by atoms with Crippen LogP contribution in [-0.4, -0.2) is 35.8 Å². The largest absolute Gasteiger partial charge is 2.00 e. The van der Waals surface area contributed by atoms with Crippen LogP contribution in [-0.2, 0) is 9.09 Å². The molecule has 70 valence electrons. The van der Waals surface area contributed by atoms with Gasteiger partial charge in [0.2, 0.25) is 0 Å². The van der Waals surface area contributed by atoms with Gasteiger partial charge in [-0.05, 0) is 17.4 Å². The quantitative estimate of drug-likeness (QED) is 0.361. The van der Waals surface area contributed by atoms with Gasteiger partial charge in [0.15, 0.2) is 6.16 Å². The van der Waals surface area contributed by atoms with Crippen molar-refractivity contribution in [2.24, 2.45) is 0 Å². The second kappa shape index (κ2) is 11.8. The van der Waals surface area contributed by atoms with Gasteiger partial charge in [0.1, 0.15) is 6.61 Å². The minimum Gasteiger partial charge on any atom is -1.00 e. The zero-order valence-electron chi connectivity index (χ0n) is 10.2. The van der Waals surface area contributed by atoms with E-state index in [-0.39, 0.29) is 25.9 Å². The summed E-state index contributed by atoms with van der Waals surface area (Å²) in [4.78, 5) is 0. The van der Waals surface area contributed by atoms with Gasteiger partial charge in [-0.1, -0.05) is 26.7 Å². The molecule has 1 unspecified atom stereocenters. The van der Waals surface area contributed by atoms with E-state index in [1.54, 1.807) is 0 Å². The van der Waals surface area contributed by atoms with E-state index in [1.807, 2.05) is 0 Å². The summed E-state index contributed by atoms with van der Waals surface area (Å²) in [7, 11) is -1.35. The molecule has 0 saturated carbocycles. The van der Waals surface area contributed by atoms with Crippen molar-refractivity contribution in [1.29, 1.82) is 0 Å². The summed E-state index contributed by atoms with van der Waals surface area (Å²) >= 11 is 0. The van der Waals surface area contributed by atoms with Crippen LogP contribution in [0.15, 0.2) is 0 Å². The summed E-state index contributed by atoms with van der Waals surface area (Å²) in [5.41, 5.74) is 0. The zero-order valence-corrected chi connectivity index (χ0v) is 10.5. The molecule has 0 bridgehead atoms. The molecule has 0 rings (SSSR count). The van der Waals surface area contributed by atoms with Crippen LogP contribution in [0.2, 0.25) is 0 Å². The van der Waals surface area contributed by atoms with E-state index in [9.17, 15) is 4.57 Å². The topological polar surface area (TPSA) is 26.3 Å². The van der Waals surface area contributed by atoms with Gasteiger partial charge in [0.25, 0.3) is 0 Å². The molecule has 2 nitrogen and oxygen atoms in total. The first-order valence-corrected chi connectivity index (χ1v) is 5.75. The van der Waals surface area contributed by atoms with Crippen molar-refractivity contribution in [3.05, 3.63) is 0 Å². The van der Waals surface area contributed by atoms with E-state index in [2.05, 4.69) is 13.8 Å². The third-order valence-corrected chi connectivity index (χ3v) is 2.58. The molecule has 0 aromatic rings. The van der Waals surface area contributed by atoms with Crippen LogP contribution in [0.5, 0.6) is 0 Å². The third kappa shape index (κ3) is 10.8. The predicted octanol–water partition coefficient (Wildman–Crippen LogP) is 3.19. The van der Waals surface area contributed by atoms with Crippen LogP contribution in [0.4, 0.5) is 0 Å². The van der Waals surface area contributed by atoms with Crippen molar-refractivity contribution < 1.29 is 11.9 Å². The molecule has 0 fully saturated rings. The molecule has 0 amide bonds. The van der Waals surface area contributed by atoms with Crippen molar-refractivity contribution in [3.8, 4) is 0 Å². The molecule has 0 radical (unpaired) electrons. The molecular weight excluding hydrogens is 183 g/mol. The van der Waals surface area contributed by atoms with E-state index in [1.165, 1.54) is 0 Å². The summed E-state index contributed by atoms with van der Waals surface area (Å²) in [6.07, 6.45) is 4.97. The Balaban J connectivity index is -0.000000167. The average molecular weight is 204 g/mol. The van der Waals surface area contributed by atoms with Gasteiger partial charge in [0.05, 0.1) is 0 Å². The molecule has 4 heteroatoms. The van der Waals surface area contributed by atoms with Crippen molar-refractivity contribution in [2.75, 3.05) is 12.8 Å². The Bertz CT molecular complexity index is 118. The van der Waals surface area contributed by atoms with E-state index in [4.69, 9.17) is 4.52 Å². The van der Waals surface area contributed by atoms with Gasteiger partial charge in [-0.15, -0.1) is 4.52 Å². The first-order chi connectivity index (χ1) is 5.31. The van der Waals surface area contributed by atoms with Crippen LogP contribution in [0.25, 0.3) is 0 Å². The molecular formula is C8H20MgO2P+. The maximum atomic E-state index is 11.0. The minimum absolute atomic E-state index is 0. The first kappa shape index (κ1) is 15.3. The Kier molecular flexibility index (Phi) is 15.1. The average Bonchev–Trinajstić information content (AvgIpc) is 2.01. The molecule has 0 spiro atoms. The van der Waals surface area contributed by atoms with Crippen LogP contribution in [0.1, 0.15) is 42.4 Å². The molecule has 12 heavy (non-hydrogen) atoms. The summed E-state index contributed by atoms with van der Waals surface area (Å²) in [6, 6.07) is 0. The number of unbranched alkanes of at least 4 members (excludes halogenated alkanes) is 2. The van der Waals surface area contributed by atoms with Crippen molar-refractivity contribution >= 4 is 31.1 Å². The molecule has 0 aliphatic carbocycles. The van der Waals surface area contributed by atoms with Crippen LogP contribution >= 0.6 is 8.03 Å². The Hall–Kier alpha value is 0.826. The van der Waals surface area contributed by atoms with Crippen LogP contribution in [0.3, 0.4) is 0 Å². The molecule has 0 aliphatic heterocycles. The fraction of sp³-hybridized carbons (Fsp3) is 1.00. The molecule has 0 heterocycles. The van der Waals surface area contributed by atoms with Gasteiger partial charge < -0.3 is 2.85 Å². The van der Waals surface area contributed by atoms with Crippen LogP contribution in [0, 0.1) is 0 Å². The van der Waals surface area contributed by atoms with Gasteiger partial charge >= 0.3 is 31.1 Å². The second-order valence-corrected chi connectivity index (χ2v) is 3.97. The molecule has 0 saturated heterocycles. The maximum Gasteiger partial charge on any atom is 2.00 e. The number of hydrogen-bond acceptors (Lipinski definition) is 2. The molecule has 0 aliphatic rings. The van der Waals surface area contributed by atoms with E-state index < -0.39 is 8.03 Å². The van der Waals surface area contributed by atoms with Gasteiger partial charge in [0, 0.05) is 0 Å². The van der Waals surface area contributed by atoms with E-state index in [0.717, 1.165) is 31.8 Å².